The van der Waals surface area contributed by atoms with Crippen molar-refractivity contribution in [3.05, 3.63) is 108 Å². The Kier molecular flexibility index (Phi) is 10.2. The van der Waals surface area contributed by atoms with Crippen molar-refractivity contribution in [3.63, 3.8) is 0 Å². The SMILES string of the molecule is COc1cc2c(Oc3ccc(Nc4ncccc4C(=O)NCc4ccccc4)cc3)ccnc2cc1OCCCN1CCOCC1. The van der Waals surface area contributed by atoms with Crippen LogP contribution in [0.4, 0.5) is 11.5 Å². The number of carbonyl (C=O) groups is 1. The number of ether oxygens (including phenoxy) is 4. The maximum atomic E-state index is 12.9. The molecule has 0 saturated carbocycles. The molecule has 2 N–H and O–H groups in total. The number of aromatic nitrogens is 2. The van der Waals surface area contributed by atoms with Gasteiger partial charge >= 0.3 is 0 Å². The van der Waals surface area contributed by atoms with Crippen LogP contribution in [0, 0.1) is 0 Å². The molecule has 0 bridgehead atoms. The molecule has 1 aliphatic rings. The number of nitrogens with zero attached hydrogens (tertiary/aromatic N) is 3. The molecule has 46 heavy (non-hydrogen) atoms. The first kappa shape index (κ1) is 30.8. The molecule has 236 valence electrons. The monoisotopic (exact) mass is 619 g/mol. The molecule has 0 radical (unpaired) electrons. The quantitative estimate of drug-likeness (QED) is 0.149. The Bertz CT molecular complexity index is 1740. The summed E-state index contributed by atoms with van der Waals surface area (Å²) in [5.41, 5.74) is 2.98. The Labute approximate surface area is 268 Å². The maximum Gasteiger partial charge on any atom is 0.255 e. The van der Waals surface area contributed by atoms with Crippen LogP contribution in [0.5, 0.6) is 23.0 Å². The summed E-state index contributed by atoms with van der Waals surface area (Å²) in [5, 5.41) is 7.03. The molecule has 0 spiro atoms. The summed E-state index contributed by atoms with van der Waals surface area (Å²) in [6.45, 7) is 5.48. The van der Waals surface area contributed by atoms with E-state index in [4.69, 9.17) is 18.9 Å². The first-order valence-electron chi connectivity index (χ1n) is 15.4. The molecule has 6 rings (SSSR count). The summed E-state index contributed by atoms with van der Waals surface area (Å²) in [4.78, 5) is 24.3. The third kappa shape index (κ3) is 7.90. The molecular weight excluding hydrogens is 582 g/mol. The van der Waals surface area contributed by atoms with E-state index in [0.29, 0.717) is 47.5 Å². The van der Waals surface area contributed by atoms with Crippen molar-refractivity contribution in [3.8, 4) is 23.0 Å². The van der Waals surface area contributed by atoms with Gasteiger partial charge in [-0.25, -0.2) is 4.98 Å². The number of anilines is 2. The van der Waals surface area contributed by atoms with Crippen LogP contribution >= 0.6 is 0 Å². The number of pyridine rings is 2. The first-order chi connectivity index (χ1) is 22.7. The van der Waals surface area contributed by atoms with Crippen molar-refractivity contribution in [1.29, 1.82) is 0 Å². The van der Waals surface area contributed by atoms with Crippen molar-refractivity contribution in [2.75, 3.05) is 51.9 Å². The van der Waals surface area contributed by atoms with Gasteiger partial charge in [-0.05, 0) is 60.5 Å². The average Bonchev–Trinajstić information content (AvgIpc) is 3.11. The number of amides is 1. The van der Waals surface area contributed by atoms with Gasteiger partial charge in [-0.3, -0.25) is 14.7 Å². The van der Waals surface area contributed by atoms with Gasteiger partial charge in [0.2, 0.25) is 0 Å². The molecule has 1 aliphatic heterocycles. The fourth-order valence-corrected chi connectivity index (χ4v) is 5.22. The molecular formula is C36H37N5O5. The number of morpholine rings is 1. The number of fused-ring (bicyclic) bond motifs is 1. The number of hydrogen-bond acceptors (Lipinski definition) is 9. The average molecular weight is 620 g/mol. The van der Waals surface area contributed by atoms with Crippen LogP contribution < -0.4 is 24.8 Å². The minimum absolute atomic E-state index is 0.207. The van der Waals surface area contributed by atoms with E-state index in [1.54, 1.807) is 31.6 Å². The van der Waals surface area contributed by atoms with Crippen molar-refractivity contribution in [2.24, 2.45) is 0 Å². The highest BCUT2D eigenvalue weighted by Crippen LogP contribution is 2.37. The van der Waals surface area contributed by atoms with Crippen molar-refractivity contribution >= 4 is 28.3 Å². The Morgan fingerprint density at radius 1 is 0.891 bits per heavy atom. The number of rotatable bonds is 13. The third-order valence-corrected chi connectivity index (χ3v) is 7.66. The molecule has 2 aromatic heterocycles. The molecule has 0 aliphatic carbocycles. The zero-order valence-electron chi connectivity index (χ0n) is 25.8. The molecule has 3 aromatic carbocycles. The summed E-state index contributed by atoms with van der Waals surface area (Å²) >= 11 is 0. The molecule has 0 atom stereocenters. The largest absolute Gasteiger partial charge is 0.493 e. The van der Waals surface area contributed by atoms with E-state index in [9.17, 15) is 4.79 Å². The second-order valence-electron chi connectivity index (χ2n) is 10.8. The lowest BCUT2D eigenvalue weighted by atomic mass is 10.1. The van der Waals surface area contributed by atoms with Crippen molar-refractivity contribution in [2.45, 2.75) is 13.0 Å². The first-order valence-corrected chi connectivity index (χ1v) is 15.4. The lowest BCUT2D eigenvalue weighted by molar-refractivity contribution is 0.0357. The van der Waals surface area contributed by atoms with Gasteiger partial charge in [-0.2, -0.15) is 0 Å². The predicted octanol–water partition coefficient (Wildman–Crippen LogP) is 6.21. The lowest BCUT2D eigenvalue weighted by Gasteiger charge is -2.26. The minimum atomic E-state index is -0.207. The third-order valence-electron chi connectivity index (χ3n) is 7.66. The van der Waals surface area contributed by atoms with Crippen molar-refractivity contribution < 1.29 is 23.7 Å². The van der Waals surface area contributed by atoms with Gasteiger partial charge in [0.25, 0.3) is 5.91 Å². The van der Waals surface area contributed by atoms with E-state index < -0.39 is 0 Å². The van der Waals surface area contributed by atoms with E-state index in [0.717, 1.165) is 61.4 Å². The van der Waals surface area contributed by atoms with Crippen LogP contribution in [0.25, 0.3) is 10.9 Å². The smallest absolute Gasteiger partial charge is 0.255 e. The fourth-order valence-electron chi connectivity index (χ4n) is 5.22. The van der Waals surface area contributed by atoms with Gasteiger partial charge in [0, 0.05) is 55.7 Å². The summed E-state index contributed by atoms with van der Waals surface area (Å²) in [6, 6.07) is 26.4. The fraction of sp³-hybridized carbons (Fsp3) is 0.250. The minimum Gasteiger partial charge on any atom is -0.493 e. The Morgan fingerprint density at radius 2 is 1.72 bits per heavy atom. The van der Waals surface area contributed by atoms with Gasteiger partial charge in [0.1, 0.15) is 17.3 Å². The number of carbonyl (C=O) groups excluding carboxylic acids is 1. The Balaban J connectivity index is 1.09. The van der Waals surface area contributed by atoms with E-state index in [-0.39, 0.29) is 5.91 Å². The highest BCUT2D eigenvalue weighted by atomic mass is 16.5. The van der Waals surface area contributed by atoms with Gasteiger partial charge in [-0.15, -0.1) is 0 Å². The van der Waals surface area contributed by atoms with Gasteiger partial charge in [0.15, 0.2) is 11.5 Å². The van der Waals surface area contributed by atoms with Crippen LogP contribution in [0.1, 0.15) is 22.3 Å². The maximum absolute atomic E-state index is 12.9. The van der Waals surface area contributed by atoms with Gasteiger partial charge < -0.3 is 29.6 Å². The molecule has 5 aromatic rings. The standard InChI is InChI=1S/C36H37N5O5/c1-43-33-23-30-31(24-34(33)45-20-6-17-41-18-21-44-22-19-41)37-16-14-32(30)46-28-12-10-27(11-13-28)40-35-29(9-5-15-38-35)36(42)39-25-26-7-3-2-4-8-26/h2-5,7-16,23-24H,6,17-22,25H2,1H3,(H,38,40)(H,39,42). The summed E-state index contributed by atoms with van der Waals surface area (Å²) in [5.74, 6) is 2.82. The van der Waals surface area contributed by atoms with Gasteiger partial charge in [-0.1, -0.05) is 30.3 Å². The van der Waals surface area contributed by atoms with Crippen LogP contribution in [-0.2, 0) is 11.3 Å². The van der Waals surface area contributed by atoms with Crippen LogP contribution in [0.15, 0.2) is 97.3 Å². The van der Waals surface area contributed by atoms with Crippen LogP contribution in [0.2, 0.25) is 0 Å². The molecule has 10 heteroatoms. The van der Waals surface area contributed by atoms with E-state index in [1.165, 1.54) is 0 Å². The van der Waals surface area contributed by atoms with Crippen molar-refractivity contribution in [1.82, 2.24) is 20.2 Å². The second-order valence-corrected chi connectivity index (χ2v) is 10.8. The Hall–Kier alpha value is -5.19. The molecule has 1 fully saturated rings. The summed E-state index contributed by atoms with van der Waals surface area (Å²) < 4.78 is 23.5. The normalized spacial score (nSPS) is 13.2. The number of benzene rings is 3. The zero-order valence-corrected chi connectivity index (χ0v) is 25.8. The van der Waals surface area contributed by atoms with E-state index >= 15 is 0 Å². The van der Waals surface area contributed by atoms with Crippen LogP contribution in [-0.4, -0.2) is 67.3 Å². The van der Waals surface area contributed by atoms with Crippen LogP contribution in [0.3, 0.4) is 0 Å². The predicted molar refractivity (Wildman–Crippen MR) is 177 cm³/mol. The molecule has 1 saturated heterocycles. The topological polar surface area (TPSA) is 107 Å². The highest BCUT2D eigenvalue weighted by molar-refractivity contribution is 5.99. The molecule has 10 nitrogen and oxygen atoms in total. The number of nitrogens with one attached hydrogen (secondary N) is 2. The second kappa shape index (κ2) is 15.2. The summed E-state index contributed by atoms with van der Waals surface area (Å²) in [7, 11) is 1.63. The zero-order chi connectivity index (χ0) is 31.6. The summed E-state index contributed by atoms with van der Waals surface area (Å²) in [6.07, 6.45) is 4.28. The number of hydrogen-bond donors (Lipinski definition) is 2. The molecule has 3 heterocycles. The van der Waals surface area contributed by atoms with E-state index in [1.807, 2.05) is 72.8 Å². The lowest BCUT2D eigenvalue weighted by Crippen LogP contribution is -2.37. The Morgan fingerprint density at radius 3 is 2.52 bits per heavy atom. The van der Waals surface area contributed by atoms with Gasteiger partial charge in [0.05, 0.1) is 38.0 Å². The van der Waals surface area contributed by atoms with E-state index in [2.05, 4.69) is 25.5 Å². The highest BCUT2D eigenvalue weighted by Gasteiger charge is 2.15. The number of methoxy groups -OCH3 is 1. The molecule has 0 unspecified atom stereocenters. The molecule has 1 amide bonds.